The Morgan fingerprint density at radius 2 is 2.00 bits per heavy atom. The Hall–Kier alpha value is -1.81. The van der Waals surface area contributed by atoms with Crippen molar-refractivity contribution >= 4 is 32.2 Å². The summed E-state index contributed by atoms with van der Waals surface area (Å²) in [5, 5.41) is 2.17. The largest absolute Gasteiger partial charge is 0.383 e. The summed E-state index contributed by atoms with van der Waals surface area (Å²) in [6.07, 6.45) is 0. The predicted octanol–water partition coefficient (Wildman–Crippen LogP) is 1.69. The molecule has 1 aliphatic rings. The minimum atomic E-state index is -2.45. The molecule has 1 aliphatic heterocycles. The van der Waals surface area contributed by atoms with Crippen LogP contribution < -0.4 is 5.73 Å². The van der Waals surface area contributed by atoms with E-state index in [4.69, 9.17) is 5.73 Å². The maximum absolute atomic E-state index is 11.9. The number of rotatable bonds is 0. The van der Waals surface area contributed by atoms with Gasteiger partial charge in [-0.2, -0.15) is 4.40 Å². The molecule has 0 saturated heterocycles. The molecule has 2 aromatic carbocycles. The van der Waals surface area contributed by atoms with Crippen molar-refractivity contribution in [3.05, 3.63) is 47.5 Å². The molecule has 0 radical (unpaired) electrons. The van der Waals surface area contributed by atoms with Crippen LogP contribution in [-0.4, -0.2) is 15.9 Å². The average Bonchev–Trinajstić information content (AvgIpc) is 2.26. The first-order chi connectivity index (χ1) is 8.07. The molecule has 3 nitrogen and oxygen atoms in total. The van der Waals surface area contributed by atoms with Crippen molar-refractivity contribution in [2.75, 3.05) is 0 Å². The number of nitrogens with two attached hydrogens (primary N) is 1. The predicted molar refractivity (Wildman–Crippen MR) is 73.6 cm³/mol. The van der Waals surface area contributed by atoms with Gasteiger partial charge in [0.2, 0.25) is 0 Å². The van der Waals surface area contributed by atoms with Crippen molar-refractivity contribution in [3.8, 4) is 0 Å². The molecule has 2 N–H and O–H groups in total. The van der Waals surface area contributed by atoms with Crippen molar-refractivity contribution in [1.29, 1.82) is 0 Å². The Labute approximate surface area is 100 Å². The smallest absolute Gasteiger partial charge is 0.141 e. The molecule has 0 saturated carbocycles. The second kappa shape index (κ2) is 3.34. The molecular weight excluding hydrogens is 232 g/mol. The molecule has 0 aliphatic carbocycles. The molecule has 1 unspecified atom stereocenters. The maximum atomic E-state index is 11.9. The summed E-state index contributed by atoms with van der Waals surface area (Å²) in [4.78, 5) is 0. The quantitative estimate of drug-likeness (QED) is 0.717. The fraction of sp³-hybridized carbons (Fsp3) is 0.0769. The van der Waals surface area contributed by atoms with Gasteiger partial charge in [-0.05, 0) is 22.2 Å². The van der Waals surface area contributed by atoms with E-state index in [0.717, 1.165) is 21.9 Å². The summed E-state index contributed by atoms with van der Waals surface area (Å²) < 4.78 is 16.0. The van der Waals surface area contributed by atoms with Gasteiger partial charge in [-0.3, -0.25) is 0 Å². The number of hydrogen-bond acceptors (Lipinski definition) is 2. The van der Waals surface area contributed by atoms with Gasteiger partial charge in [-0.1, -0.05) is 36.4 Å². The topological polar surface area (TPSA) is 55.5 Å². The van der Waals surface area contributed by atoms with E-state index in [-0.39, 0.29) is 0 Å². The van der Waals surface area contributed by atoms with Gasteiger partial charge in [0.1, 0.15) is 5.84 Å². The van der Waals surface area contributed by atoms with Gasteiger partial charge in [0.15, 0.2) is 0 Å². The van der Waals surface area contributed by atoms with Crippen LogP contribution in [0, 0.1) is 0 Å². The Morgan fingerprint density at radius 1 is 1.24 bits per heavy atom. The zero-order valence-corrected chi connectivity index (χ0v) is 10.0. The van der Waals surface area contributed by atoms with E-state index in [2.05, 4.69) is 10.3 Å². The van der Waals surface area contributed by atoms with Gasteiger partial charge in [0.25, 0.3) is 0 Å². The van der Waals surface area contributed by atoms with Crippen LogP contribution in [0.15, 0.2) is 40.8 Å². The van der Waals surface area contributed by atoms with Crippen LogP contribution in [0.4, 0.5) is 0 Å². The Kier molecular flexibility index (Phi) is 2.03. The second-order valence-corrected chi connectivity index (χ2v) is 6.23. The van der Waals surface area contributed by atoms with Crippen LogP contribution in [0.3, 0.4) is 0 Å². The summed E-state index contributed by atoms with van der Waals surface area (Å²) in [7, 11) is -2.45. The Bertz CT molecular complexity index is 745. The van der Waals surface area contributed by atoms with E-state index in [1.54, 1.807) is 0 Å². The summed E-state index contributed by atoms with van der Waals surface area (Å²) in [6, 6.07) is 12.0. The Balaban J connectivity index is 2.43. The molecule has 0 bridgehead atoms. The zero-order chi connectivity index (χ0) is 12.0. The lowest BCUT2D eigenvalue weighted by Gasteiger charge is -2.18. The third kappa shape index (κ3) is 1.61. The first kappa shape index (κ1) is 10.4. The number of fused-ring (bicyclic) bond motifs is 3. The molecule has 0 amide bonds. The lowest BCUT2D eigenvalue weighted by Crippen LogP contribution is -2.23. The molecule has 4 heteroatoms. The fourth-order valence-electron chi connectivity index (χ4n) is 2.24. The molecule has 17 heavy (non-hydrogen) atoms. The van der Waals surface area contributed by atoms with Gasteiger partial charge >= 0.3 is 0 Å². The van der Waals surface area contributed by atoms with Crippen LogP contribution >= 0.6 is 0 Å². The van der Waals surface area contributed by atoms with Crippen molar-refractivity contribution in [1.82, 2.24) is 0 Å². The van der Waals surface area contributed by atoms with E-state index in [1.807, 2.05) is 36.4 Å². The van der Waals surface area contributed by atoms with Crippen molar-refractivity contribution in [3.63, 3.8) is 0 Å². The summed E-state index contributed by atoms with van der Waals surface area (Å²) in [6.45, 7) is 0. The SMILES string of the molecule is C=S1(=O)Cc2ccc3ccccc3c2C(N)=N1. The standard InChI is InChI=1S/C13H12N2OS/c1-17(16)8-10-7-6-9-4-2-3-5-11(9)12(10)13(14)15-17/h2-7H,1,8H2,(H2,14,15,16). The normalized spacial score (nSPS) is 23.2. The Morgan fingerprint density at radius 3 is 2.82 bits per heavy atom. The van der Waals surface area contributed by atoms with E-state index in [1.165, 1.54) is 0 Å². The van der Waals surface area contributed by atoms with Crippen molar-refractivity contribution in [2.45, 2.75) is 5.75 Å². The van der Waals surface area contributed by atoms with Crippen LogP contribution in [0.2, 0.25) is 0 Å². The highest BCUT2D eigenvalue weighted by Gasteiger charge is 2.19. The van der Waals surface area contributed by atoms with Crippen LogP contribution in [0.5, 0.6) is 0 Å². The summed E-state index contributed by atoms with van der Waals surface area (Å²) in [5.74, 6) is 4.32. The number of benzene rings is 2. The number of hydrogen-bond donors (Lipinski definition) is 1. The van der Waals surface area contributed by atoms with E-state index >= 15 is 0 Å². The third-order valence-electron chi connectivity index (χ3n) is 2.92. The first-order valence-electron chi connectivity index (χ1n) is 5.28. The summed E-state index contributed by atoms with van der Waals surface area (Å²) >= 11 is 0. The molecule has 0 fully saturated rings. The highest BCUT2D eigenvalue weighted by Crippen LogP contribution is 2.27. The first-order valence-corrected chi connectivity index (χ1v) is 7.13. The van der Waals surface area contributed by atoms with E-state index in [9.17, 15) is 4.21 Å². The van der Waals surface area contributed by atoms with Crippen LogP contribution in [0.25, 0.3) is 10.8 Å². The minimum absolute atomic E-state index is 0.336. The molecule has 3 rings (SSSR count). The highest BCUT2D eigenvalue weighted by molar-refractivity contribution is 7.98. The minimum Gasteiger partial charge on any atom is -0.383 e. The molecule has 86 valence electrons. The fourth-order valence-corrected chi connectivity index (χ4v) is 3.48. The van der Waals surface area contributed by atoms with Crippen LogP contribution in [-0.2, 0) is 15.5 Å². The lowest BCUT2D eigenvalue weighted by atomic mass is 9.99. The van der Waals surface area contributed by atoms with Crippen molar-refractivity contribution in [2.24, 2.45) is 10.1 Å². The van der Waals surface area contributed by atoms with Gasteiger partial charge in [-0.15, -0.1) is 0 Å². The van der Waals surface area contributed by atoms with Gasteiger partial charge in [0.05, 0.1) is 15.5 Å². The van der Waals surface area contributed by atoms with Gasteiger partial charge in [0, 0.05) is 5.56 Å². The molecule has 1 heterocycles. The van der Waals surface area contributed by atoms with Crippen molar-refractivity contribution < 1.29 is 4.21 Å². The molecule has 0 aromatic heterocycles. The van der Waals surface area contributed by atoms with Gasteiger partial charge < -0.3 is 5.73 Å². The highest BCUT2D eigenvalue weighted by atomic mass is 32.2. The van der Waals surface area contributed by atoms with E-state index < -0.39 is 9.71 Å². The third-order valence-corrected chi connectivity index (χ3v) is 4.21. The van der Waals surface area contributed by atoms with Gasteiger partial charge in [-0.25, -0.2) is 4.21 Å². The average molecular weight is 244 g/mol. The maximum Gasteiger partial charge on any atom is 0.141 e. The molecule has 2 aromatic rings. The van der Waals surface area contributed by atoms with Crippen LogP contribution in [0.1, 0.15) is 11.1 Å². The molecular formula is C13H12N2OS. The zero-order valence-electron chi connectivity index (χ0n) is 9.22. The summed E-state index contributed by atoms with van der Waals surface area (Å²) in [5.41, 5.74) is 7.80. The lowest BCUT2D eigenvalue weighted by molar-refractivity contribution is 0.681. The molecule has 0 spiro atoms. The monoisotopic (exact) mass is 244 g/mol. The second-order valence-electron chi connectivity index (χ2n) is 4.21. The molecule has 1 atom stereocenters. The number of nitrogens with zero attached hydrogens (tertiary/aromatic N) is 1. The van der Waals surface area contributed by atoms with E-state index in [0.29, 0.717) is 11.6 Å². The number of amidine groups is 1.